The Bertz CT molecular complexity index is 1040. The molecule has 29 heavy (non-hydrogen) atoms. The zero-order chi connectivity index (χ0) is 20.6. The number of nitrogens with one attached hydrogen (secondary N) is 1. The minimum absolute atomic E-state index is 0.294. The first-order chi connectivity index (χ1) is 14.1. The monoisotopic (exact) mass is 386 g/mol. The lowest BCUT2D eigenvalue weighted by atomic mass is 10.2. The molecule has 0 unspecified atom stereocenters. The summed E-state index contributed by atoms with van der Waals surface area (Å²) in [4.78, 5) is 24.6. The van der Waals surface area contributed by atoms with Crippen molar-refractivity contribution in [1.82, 2.24) is 0 Å². The molecule has 144 valence electrons. The fourth-order valence-electron chi connectivity index (χ4n) is 2.49. The minimum Gasteiger partial charge on any atom is -0.457 e. The van der Waals surface area contributed by atoms with E-state index in [4.69, 9.17) is 14.7 Å². The van der Waals surface area contributed by atoms with Gasteiger partial charge in [0.05, 0.1) is 16.8 Å². The van der Waals surface area contributed by atoms with Crippen LogP contribution in [0.2, 0.25) is 0 Å². The van der Waals surface area contributed by atoms with Crippen LogP contribution in [0, 0.1) is 11.3 Å². The molecular weight excluding hydrogens is 368 g/mol. The Labute approximate surface area is 168 Å². The molecule has 0 aliphatic heterocycles. The van der Waals surface area contributed by atoms with E-state index in [-0.39, 0.29) is 0 Å². The maximum Gasteiger partial charge on any atom is 0.338 e. The number of nitriles is 1. The van der Waals surface area contributed by atoms with Gasteiger partial charge in [-0.25, -0.2) is 4.79 Å². The maximum absolute atomic E-state index is 12.3. The van der Waals surface area contributed by atoms with Gasteiger partial charge in [-0.05, 0) is 55.5 Å². The summed E-state index contributed by atoms with van der Waals surface area (Å²) >= 11 is 0. The highest BCUT2D eigenvalue weighted by Gasteiger charge is 2.20. The predicted molar refractivity (Wildman–Crippen MR) is 108 cm³/mol. The lowest BCUT2D eigenvalue weighted by Crippen LogP contribution is -2.30. The van der Waals surface area contributed by atoms with Gasteiger partial charge in [-0.2, -0.15) is 5.26 Å². The van der Waals surface area contributed by atoms with Gasteiger partial charge in [-0.3, -0.25) is 4.79 Å². The number of ether oxygens (including phenoxy) is 2. The van der Waals surface area contributed by atoms with Gasteiger partial charge in [0.1, 0.15) is 17.6 Å². The fourth-order valence-corrected chi connectivity index (χ4v) is 2.49. The average molecular weight is 386 g/mol. The first-order valence-electron chi connectivity index (χ1n) is 8.91. The van der Waals surface area contributed by atoms with E-state index in [1.165, 1.54) is 6.92 Å². The lowest BCUT2D eigenvalue weighted by Gasteiger charge is -2.14. The van der Waals surface area contributed by atoms with Crippen molar-refractivity contribution in [2.45, 2.75) is 13.0 Å². The molecule has 3 aromatic rings. The third-order valence-electron chi connectivity index (χ3n) is 4.03. The predicted octanol–water partition coefficient (Wildman–Crippen LogP) is 4.53. The third-order valence-corrected chi connectivity index (χ3v) is 4.03. The normalized spacial score (nSPS) is 11.0. The molecule has 0 aromatic heterocycles. The molecule has 0 heterocycles. The van der Waals surface area contributed by atoms with E-state index in [0.717, 1.165) is 0 Å². The minimum atomic E-state index is -1.03. The van der Waals surface area contributed by atoms with Crippen LogP contribution in [-0.4, -0.2) is 18.0 Å². The van der Waals surface area contributed by atoms with Gasteiger partial charge in [-0.15, -0.1) is 0 Å². The quantitative estimate of drug-likeness (QED) is 0.629. The smallest absolute Gasteiger partial charge is 0.338 e. The van der Waals surface area contributed by atoms with E-state index < -0.39 is 18.0 Å². The molecule has 1 N–H and O–H groups in total. The zero-order valence-corrected chi connectivity index (χ0v) is 15.7. The second kappa shape index (κ2) is 9.20. The zero-order valence-electron chi connectivity index (χ0n) is 15.7. The van der Waals surface area contributed by atoms with Crippen LogP contribution in [0.25, 0.3) is 0 Å². The third kappa shape index (κ3) is 5.21. The number of nitrogens with zero attached hydrogens (tertiary/aromatic N) is 1. The Balaban J connectivity index is 1.59. The number of rotatable bonds is 6. The molecule has 0 spiro atoms. The molecule has 0 saturated heterocycles. The Morgan fingerprint density at radius 1 is 0.897 bits per heavy atom. The van der Waals surface area contributed by atoms with Gasteiger partial charge in [0.15, 0.2) is 6.10 Å². The Kier molecular flexibility index (Phi) is 6.23. The standard InChI is InChI=1S/C23H18N2O4/c1-16(22(26)25-21-10-6-5-7-18(21)15-24)28-23(27)17-11-13-20(14-12-17)29-19-8-3-2-4-9-19/h2-14,16H,1H3,(H,25,26)/t16-/m1/s1. The number of carbonyl (C=O) groups excluding carboxylic acids is 2. The van der Waals surface area contributed by atoms with Gasteiger partial charge in [0.25, 0.3) is 5.91 Å². The van der Waals surface area contributed by atoms with Crippen molar-refractivity contribution in [2.24, 2.45) is 0 Å². The summed E-state index contributed by atoms with van der Waals surface area (Å²) in [5.74, 6) is 0.106. The topological polar surface area (TPSA) is 88.4 Å². The molecule has 0 radical (unpaired) electrons. The Morgan fingerprint density at radius 3 is 2.21 bits per heavy atom. The molecule has 6 nitrogen and oxygen atoms in total. The van der Waals surface area contributed by atoms with Gasteiger partial charge in [0, 0.05) is 0 Å². The summed E-state index contributed by atoms with van der Waals surface area (Å²) in [6.07, 6.45) is -1.03. The van der Waals surface area contributed by atoms with Crippen molar-refractivity contribution < 1.29 is 19.1 Å². The van der Waals surface area contributed by atoms with Crippen molar-refractivity contribution >= 4 is 17.6 Å². The molecule has 0 aliphatic carbocycles. The first-order valence-corrected chi connectivity index (χ1v) is 8.91. The van der Waals surface area contributed by atoms with E-state index in [0.29, 0.717) is 28.3 Å². The Hall–Kier alpha value is -4.11. The summed E-state index contributed by atoms with van der Waals surface area (Å²) in [6, 6.07) is 24.3. The maximum atomic E-state index is 12.3. The largest absolute Gasteiger partial charge is 0.457 e. The van der Waals surface area contributed by atoms with Gasteiger partial charge >= 0.3 is 5.97 Å². The Morgan fingerprint density at radius 2 is 1.52 bits per heavy atom. The fraction of sp³-hybridized carbons (Fsp3) is 0.0870. The van der Waals surface area contributed by atoms with Crippen molar-refractivity contribution in [1.29, 1.82) is 5.26 Å². The molecule has 0 bridgehead atoms. The molecule has 0 saturated carbocycles. The highest BCUT2D eigenvalue weighted by Crippen LogP contribution is 2.21. The number of para-hydroxylation sites is 2. The lowest BCUT2D eigenvalue weighted by molar-refractivity contribution is -0.123. The number of hydrogen-bond acceptors (Lipinski definition) is 5. The number of amides is 1. The van der Waals surface area contributed by atoms with Crippen molar-refractivity contribution in [2.75, 3.05) is 5.32 Å². The summed E-state index contributed by atoms with van der Waals surface area (Å²) in [6.45, 7) is 1.47. The summed E-state index contributed by atoms with van der Waals surface area (Å²) in [5.41, 5.74) is 0.987. The molecule has 3 aromatic carbocycles. The molecule has 1 amide bonds. The SMILES string of the molecule is C[C@@H](OC(=O)c1ccc(Oc2ccccc2)cc1)C(=O)Nc1ccccc1C#N. The van der Waals surface area contributed by atoms with Crippen LogP contribution in [0.1, 0.15) is 22.8 Å². The first kappa shape index (κ1) is 19.6. The van der Waals surface area contributed by atoms with E-state index in [9.17, 15) is 9.59 Å². The summed E-state index contributed by atoms with van der Waals surface area (Å²) < 4.78 is 10.9. The molecule has 6 heteroatoms. The van der Waals surface area contributed by atoms with Crippen LogP contribution >= 0.6 is 0 Å². The number of esters is 1. The van der Waals surface area contributed by atoms with Crippen LogP contribution < -0.4 is 10.1 Å². The van der Waals surface area contributed by atoms with Crippen LogP contribution in [0.15, 0.2) is 78.9 Å². The van der Waals surface area contributed by atoms with Gasteiger partial charge in [-0.1, -0.05) is 30.3 Å². The molecule has 3 rings (SSSR count). The molecule has 0 fully saturated rings. The highest BCUT2D eigenvalue weighted by molar-refractivity contribution is 5.98. The van der Waals surface area contributed by atoms with Crippen LogP contribution in [0.5, 0.6) is 11.5 Å². The van der Waals surface area contributed by atoms with Crippen molar-refractivity contribution in [3.8, 4) is 17.6 Å². The van der Waals surface area contributed by atoms with Crippen LogP contribution in [0.3, 0.4) is 0 Å². The van der Waals surface area contributed by atoms with Gasteiger partial charge < -0.3 is 14.8 Å². The molecular formula is C23H18N2O4. The summed E-state index contributed by atoms with van der Waals surface area (Å²) in [7, 11) is 0. The summed E-state index contributed by atoms with van der Waals surface area (Å²) in [5, 5.41) is 11.7. The number of carbonyl (C=O) groups is 2. The van der Waals surface area contributed by atoms with E-state index >= 15 is 0 Å². The van der Waals surface area contributed by atoms with Crippen LogP contribution in [0.4, 0.5) is 5.69 Å². The van der Waals surface area contributed by atoms with Crippen molar-refractivity contribution in [3.05, 3.63) is 90.0 Å². The van der Waals surface area contributed by atoms with Crippen LogP contribution in [-0.2, 0) is 9.53 Å². The van der Waals surface area contributed by atoms with Crippen molar-refractivity contribution in [3.63, 3.8) is 0 Å². The highest BCUT2D eigenvalue weighted by atomic mass is 16.5. The number of benzene rings is 3. The number of anilines is 1. The molecule has 0 aliphatic rings. The second-order valence-electron chi connectivity index (χ2n) is 6.13. The van der Waals surface area contributed by atoms with E-state index in [2.05, 4.69) is 5.32 Å². The van der Waals surface area contributed by atoms with E-state index in [1.807, 2.05) is 36.4 Å². The van der Waals surface area contributed by atoms with E-state index in [1.54, 1.807) is 48.5 Å². The van der Waals surface area contributed by atoms with Gasteiger partial charge in [0.2, 0.25) is 0 Å². The number of hydrogen-bond donors (Lipinski definition) is 1. The molecule has 1 atom stereocenters. The average Bonchev–Trinajstić information content (AvgIpc) is 2.75. The second-order valence-corrected chi connectivity index (χ2v) is 6.13.